The number of hydrogen-bond acceptors (Lipinski definition) is 5. The smallest absolute Gasteiger partial charge is 0.267 e. The van der Waals surface area contributed by atoms with Crippen molar-refractivity contribution in [3.05, 3.63) is 33.1 Å². The van der Waals surface area contributed by atoms with Gasteiger partial charge in [0.2, 0.25) is 0 Å². The lowest BCUT2D eigenvalue weighted by atomic mass is 10.2. The van der Waals surface area contributed by atoms with Crippen molar-refractivity contribution in [2.24, 2.45) is 0 Å². The molecule has 24 heavy (non-hydrogen) atoms. The molecule has 3 rings (SSSR count). The molecule has 0 bridgehead atoms. The molecule has 126 valence electrons. The minimum Gasteiger partial charge on any atom is -0.285 e. The molecule has 7 heteroatoms. The van der Waals surface area contributed by atoms with Crippen LogP contribution in [0.3, 0.4) is 0 Å². The van der Waals surface area contributed by atoms with E-state index in [-0.39, 0.29) is 17.4 Å². The summed E-state index contributed by atoms with van der Waals surface area (Å²) in [7, 11) is 0. The van der Waals surface area contributed by atoms with Crippen molar-refractivity contribution in [2.75, 3.05) is 13.1 Å². The molecule has 1 fully saturated rings. The van der Waals surface area contributed by atoms with Gasteiger partial charge in [-0.2, -0.15) is 0 Å². The van der Waals surface area contributed by atoms with E-state index in [1.54, 1.807) is 0 Å². The van der Waals surface area contributed by atoms with E-state index in [0.29, 0.717) is 18.2 Å². The molecule has 4 nitrogen and oxygen atoms in total. The maximum Gasteiger partial charge on any atom is 0.267 e. The third-order valence-electron chi connectivity index (χ3n) is 4.11. The largest absolute Gasteiger partial charge is 0.285 e. The van der Waals surface area contributed by atoms with Crippen molar-refractivity contribution < 1.29 is 9.59 Å². The molecule has 2 aliphatic rings. The zero-order valence-corrected chi connectivity index (χ0v) is 16.5. The molecule has 2 amide bonds. The zero-order chi connectivity index (χ0) is 17.6. The normalized spacial score (nSPS) is 17.9. The Hall–Kier alpha value is -1.31. The third kappa shape index (κ3) is 2.59. The van der Waals surface area contributed by atoms with Gasteiger partial charge in [-0.15, -0.1) is 0 Å². The van der Waals surface area contributed by atoms with Gasteiger partial charge in [0.1, 0.15) is 5.57 Å². The molecule has 0 atom stereocenters. The number of likely N-dealkylation sites (N-methyl/N-ethyl adjacent to an activating group) is 2. The quantitative estimate of drug-likeness (QED) is 0.446. The van der Waals surface area contributed by atoms with Crippen LogP contribution in [0.5, 0.6) is 0 Å². The maximum absolute atomic E-state index is 12.9. The number of carbonyl (C=O) groups excluding carboxylic acids is 2. The predicted molar refractivity (Wildman–Crippen MR) is 102 cm³/mol. The number of amides is 2. The highest BCUT2D eigenvalue weighted by Gasteiger charge is 2.41. The lowest BCUT2D eigenvalue weighted by molar-refractivity contribution is -0.133. The van der Waals surface area contributed by atoms with Crippen molar-refractivity contribution in [1.82, 2.24) is 9.80 Å². The van der Waals surface area contributed by atoms with Gasteiger partial charge >= 0.3 is 0 Å². The van der Waals surface area contributed by atoms with Crippen LogP contribution in [0.2, 0.25) is 0 Å². The lowest BCUT2D eigenvalue weighted by Gasteiger charge is -2.35. The van der Waals surface area contributed by atoms with Crippen molar-refractivity contribution in [3.8, 4) is 0 Å². The second kappa shape index (κ2) is 6.54. The van der Waals surface area contributed by atoms with Crippen LogP contribution < -0.4 is 0 Å². The van der Waals surface area contributed by atoms with Gasteiger partial charge < -0.3 is 0 Å². The first kappa shape index (κ1) is 17.5. The Morgan fingerprint density at radius 2 is 1.33 bits per heavy atom. The summed E-state index contributed by atoms with van der Waals surface area (Å²) in [5, 5.41) is 0.303. The summed E-state index contributed by atoms with van der Waals surface area (Å²) in [6.07, 6.45) is 0. The van der Waals surface area contributed by atoms with E-state index in [9.17, 15) is 9.59 Å². The van der Waals surface area contributed by atoms with Crippen molar-refractivity contribution in [2.45, 2.75) is 37.5 Å². The van der Waals surface area contributed by atoms with E-state index in [0.717, 1.165) is 25.2 Å². The number of aryl methyl sites for hydroxylation is 2. The first-order valence-electron chi connectivity index (χ1n) is 7.78. The molecule has 1 aromatic rings. The Balaban J connectivity index is 2.11. The first-order valence-corrected chi connectivity index (χ1v) is 9.82. The van der Waals surface area contributed by atoms with E-state index < -0.39 is 0 Å². The van der Waals surface area contributed by atoms with Gasteiger partial charge in [-0.3, -0.25) is 19.4 Å². The Kier molecular flexibility index (Phi) is 4.77. The summed E-state index contributed by atoms with van der Waals surface area (Å²) in [5.41, 5.74) is 2.57. The second-order valence-corrected chi connectivity index (χ2v) is 8.27. The Bertz CT molecular complexity index is 740. The minimum atomic E-state index is -0.282. The summed E-state index contributed by atoms with van der Waals surface area (Å²) >= 11 is 8.36. The van der Waals surface area contributed by atoms with Crippen molar-refractivity contribution in [1.29, 1.82) is 0 Å². The number of benzene rings is 1. The molecular weight excluding hydrogens is 360 g/mol. The van der Waals surface area contributed by atoms with Gasteiger partial charge in [-0.05, 0) is 51.0 Å². The third-order valence-corrected chi connectivity index (χ3v) is 7.42. The van der Waals surface area contributed by atoms with Gasteiger partial charge in [0, 0.05) is 22.9 Å². The fraction of sp³-hybridized carbons (Fsp3) is 0.353. The standard InChI is InChI=1S/C17H18N2O2S3/c1-5-18-14(20)11(15(21)19(6-2)17(18)22)16-23-12-9(3)7-8-10(4)13(12)24-16/h7-8H,5-6H2,1-4H3. The van der Waals surface area contributed by atoms with Crippen molar-refractivity contribution >= 4 is 52.7 Å². The van der Waals surface area contributed by atoms with Crippen LogP contribution >= 0.6 is 35.7 Å². The van der Waals surface area contributed by atoms with Crippen LogP contribution in [0.15, 0.2) is 31.7 Å². The highest BCUT2D eigenvalue weighted by molar-refractivity contribution is 8.24. The van der Waals surface area contributed by atoms with Gasteiger partial charge in [-0.1, -0.05) is 35.7 Å². The molecule has 0 saturated carbocycles. The fourth-order valence-corrected chi connectivity index (χ4v) is 5.96. The summed E-state index contributed by atoms with van der Waals surface area (Å²) in [6, 6.07) is 4.15. The Morgan fingerprint density at radius 1 is 0.917 bits per heavy atom. The molecule has 2 aliphatic heterocycles. The fourth-order valence-electron chi connectivity index (χ4n) is 2.73. The van der Waals surface area contributed by atoms with E-state index >= 15 is 0 Å². The summed E-state index contributed by atoms with van der Waals surface area (Å²) in [5.74, 6) is -0.564. The van der Waals surface area contributed by atoms with E-state index in [4.69, 9.17) is 12.2 Å². The van der Waals surface area contributed by atoms with Crippen LogP contribution in [0, 0.1) is 13.8 Å². The molecule has 0 spiro atoms. The lowest BCUT2D eigenvalue weighted by Crippen LogP contribution is -2.56. The number of rotatable bonds is 2. The van der Waals surface area contributed by atoms with Crippen molar-refractivity contribution in [3.63, 3.8) is 0 Å². The highest BCUT2D eigenvalue weighted by atomic mass is 32.2. The number of hydrogen-bond donors (Lipinski definition) is 0. The number of thiocarbonyl (C=S) groups is 1. The predicted octanol–water partition coefficient (Wildman–Crippen LogP) is 3.71. The van der Waals surface area contributed by atoms with E-state index in [1.807, 2.05) is 13.8 Å². The minimum absolute atomic E-state index is 0.248. The van der Waals surface area contributed by atoms with Crippen LogP contribution in [0.4, 0.5) is 0 Å². The topological polar surface area (TPSA) is 40.6 Å². The molecule has 2 heterocycles. The number of thioether (sulfide) groups is 2. The molecule has 0 unspecified atom stereocenters. The van der Waals surface area contributed by atoms with Gasteiger partial charge in [0.25, 0.3) is 11.8 Å². The van der Waals surface area contributed by atoms with Gasteiger partial charge in [-0.25, -0.2) is 0 Å². The molecule has 0 aliphatic carbocycles. The average molecular weight is 379 g/mol. The second-order valence-electron chi connectivity index (χ2n) is 5.61. The number of nitrogens with zero attached hydrogens (tertiary/aromatic N) is 2. The van der Waals surface area contributed by atoms with Gasteiger partial charge in [0.05, 0.1) is 4.24 Å². The molecule has 0 radical (unpaired) electrons. The number of fused-ring (bicyclic) bond motifs is 1. The summed E-state index contributed by atoms with van der Waals surface area (Å²) in [4.78, 5) is 31.0. The van der Waals surface area contributed by atoms with Crippen LogP contribution in [-0.4, -0.2) is 39.8 Å². The van der Waals surface area contributed by atoms with Crippen LogP contribution in [-0.2, 0) is 9.59 Å². The Labute approximate surface area is 155 Å². The molecule has 1 saturated heterocycles. The number of carbonyl (C=O) groups is 2. The molecule has 0 aromatic heterocycles. The first-order chi connectivity index (χ1) is 11.4. The van der Waals surface area contributed by atoms with Gasteiger partial charge in [0.15, 0.2) is 5.11 Å². The molecule has 0 N–H and O–H groups in total. The SMILES string of the molecule is CCN1C(=O)C(=C2Sc3c(C)ccc(C)c3S2)C(=O)N(CC)C1=S. The molecular formula is C17H18N2O2S3. The van der Waals surface area contributed by atoms with E-state index in [2.05, 4.69) is 26.0 Å². The monoisotopic (exact) mass is 378 g/mol. The van der Waals surface area contributed by atoms with E-state index in [1.165, 1.54) is 33.3 Å². The maximum atomic E-state index is 12.9. The van der Waals surface area contributed by atoms with Crippen LogP contribution in [0.25, 0.3) is 0 Å². The van der Waals surface area contributed by atoms with Crippen LogP contribution in [0.1, 0.15) is 25.0 Å². The highest BCUT2D eigenvalue weighted by Crippen LogP contribution is 2.55. The summed E-state index contributed by atoms with van der Waals surface area (Å²) in [6.45, 7) is 8.75. The summed E-state index contributed by atoms with van der Waals surface area (Å²) < 4.78 is 0.761. The average Bonchev–Trinajstić information content (AvgIpc) is 2.98. The molecule has 1 aromatic carbocycles. The zero-order valence-electron chi connectivity index (χ0n) is 14.0. The Morgan fingerprint density at radius 3 is 1.71 bits per heavy atom.